The minimum absolute atomic E-state index is 0.0974. The zero-order valence-corrected chi connectivity index (χ0v) is 14.7. The van der Waals surface area contributed by atoms with Crippen molar-refractivity contribution in [2.45, 2.75) is 31.0 Å². The smallest absolute Gasteiger partial charge is 0.326 e. The average molecular weight is 408 g/mol. The molecule has 27 heavy (non-hydrogen) atoms. The molecule has 0 bridgehead atoms. The molecule has 0 aromatic rings. The summed E-state index contributed by atoms with van der Waals surface area (Å²) in [7, 11) is 0. The lowest BCUT2D eigenvalue weighted by Gasteiger charge is -2.21. The summed E-state index contributed by atoms with van der Waals surface area (Å²) in [6, 6.07) is -4.59. The second kappa shape index (κ2) is 11.7. The standard InChI is InChI=1S/C13H20N4O9S/c14-5(3-27-4-10(21)22)11(23)16-6(1-8(15)18)12(24)17-7(13(25)26)2-9(19)20/h5-7H,1-4,14H2,(H2,15,18)(H,16,23)(H,17,24)(H,19,20)(H,21,22)(H,25,26)/t5-,6-,7-/m0/s1. The fraction of sp³-hybridized carbons (Fsp3) is 0.538. The maximum absolute atomic E-state index is 12.1. The van der Waals surface area contributed by atoms with Crippen LogP contribution in [0, 0.1) is 0 Å². The summed E-state index contributed by atoms with van der Waals surface area (Å²) in [5.41, 5.74) is 10.5. The molecule has 0 saturated heterocycles. The molecular weight excluding hydrogens is 388 g/mol. The molecule has 152 valence electrons. The lowest BCUT2D eigenvalue weighted by atomic mass is 10.1. The van der Waals surface area contributed by atoms with Crippen LogP contribution in [-0.4, -0.2) is 80.6 Å². The van der Waals surface area contributed by atoms with Crippen LogP contribution in [-0.2, 0) is 28.8 Å². The van der Waals surface area contributed by atoms with Crippen molar-refractivity contribution in [2.24, 2.45) is 11.5 Å². The van der Waals surface area contributed by atoms with Gasteiger partial charge in [0.25, 0.3) is 0 Å². The van der Waals surface area contributed by atoms with E-state index in [1.165, 1.54) is 0 Å². The van der Waals surface area contributed by atoms with Crippen LogP contribution in [0.25, 0.3) is 0 Å². The summed E-state index contributed by atoms with van der Waals surface area (Å²) in [5, 5.41) is 30.1. The number of nitrogens with one attached hydrogen (secondary N) is 2. The van der Waals surface area contributed by atoms with Crippen LogP contribution < -0.4 is 22.1 Å². The largest absolute Gasteiger partial charge is 0.481 e. The van der Waals surface area contributed by atoms with Crippen molar-refractivity contribution in [3.63, 3.8) is 0 Å². The third-order valence-electron chi connectivity index (χ3n) is 2.89. The molecule has 3 amide bonds. The number of carbonyl (C=O) groups excluding carboxylic acids is 3. The summed E-state index contributed by atoms with van der Waals surface area (Å²) >= 11 is 0.848. The van der Waals surface area contributed by atoms with Gasteiger partial charge in [-0.05, 0) is 0 Å². The van der Waals surface area contributed by atoms with E-state index in [9.17, 15) is 28.8 Å². The summed E-state index contributed by atoms with van der Waals surface area (Å²) in [5.74, 6) is -7.67. The van der Waals surface area contributed by atoms with Gasteiger partial charge in [-0.1, -0.05) is 0 Å². The Hall–Kier alpha value is -2.87. The second-order valence-electron chi connectivity index (χ2n) is 5.24. The Balaban J connectivity index is 4.98. The highest BCUT2D eigenvalue weighted by atomic mass is 32.2. The minimum atomic E-state index is -1.79. The zero-order chi connectivity index (χ0) is 21.1. The number of hydrogen-bond donors (Lipinski definition) is 7. The summed E-state index contributed by atoms with van der Waals surface area (Å²) < 4.78 is 0. The number of nitrogens with two attached hydrogens (primary N) is 2. The van der Waals surface area contributed by atoms with Crippen molar-refractivity contribution in [3.05, 3.63) is 0 Å². The molecule has 0 aliphatic heterocycles. The van der Waals surface area contributed by atoms with E-state index in [4.69, 9.17) is 26.8 Å². The van der Waals surface area contributed by atoms with Crippen molar-refractivity contribution < 1.29 is 44.1 Å². The van der Waals surface area contributed by atoms with Crippen LogP contribution in [0.1, 0.15) is 12.8 Å². The average Bonchev–Trinajstić information content (AvgIpc) is 2.51. The number of thioether (sulfide) groups is 1. The van der Waals surface area contributed by atoms with Crippen LogP contribution in [0.15, 0.2) is 0 Å². The minimum Gasteiger partial charge on any atom is -0.481 e. The normalized spacial score (nSPS) is 13.7. The van der Waals surface area contributed by atoms with E-state index in [-0.39, 0.29) is 11.5 Å². The fourth-order valence-electron chi connectivity index (χ4n) is 1.69. The lowest BCUT2D eigenvalue weighted by molar-refractivity contribution is -0.147. The van der Waals surface area contributed by atoms with Crippen molar-refractivity contribution in [2.75, 3.05) is 11.5 Å². The maximum Gasteiger partial charge on any atom is 0.326 e. The van der Waals surface area contributed by atoms with Gasteiger partial charge in [0.2, 0.25) is 17.7 Å². The van der Waals surface area contributed by atoms with E-state index in [1.807, 2.05) is 5.32 Å². The first-order valence-corrected chi connectivity index (χ1v) is 8.48. The van der Waals surface area contributed by atoms with E-state index in [0.717, 1.165) is 11.8 Å². The molecule has 0 heterocycles. The van der Waals surface area contributed by atoms with Gasteiger partial charge in [0.05, 0.1) is 24.6 Å². The molecule has 0 aliphatic rings. The number of rotatable bonds is 13. The molecule has 0 aliphatic carbocycles. The second-order valence-corrected chi connectivity index (χ2v) is 6.27. The third-order valence-corrected chi connectivity index (χ3v) is 3.94. The highest BCUT2D eigenvalue weighted by Gasteiger charge is 2.30. The molecule has 13 nitrogen and oxygen atoms in total. The zero-order valence-electron chi connectivity index (χ0n) is 13.9. The Morgan fingerprint density at radius 2 is 1.41 bits per heavy atom. The number of carbonyl (C=O) groups is 6. The number of primary amides is 1. The third kappa shape index (κ3) is 10.7. The van der Waals surface area contributed by atoms with Crippen LogP contribution in [0.5, 0.6) is 0 Å². The highest BCUT2D eigenvalue weighted by molar-refractivity contribution is 8.00. The van der Waals surface area contributed by atoms with Gasteiger partial charge in [-0.2, -0.15) is 0 Å². The van der Waals surface area contributed by atoms with E-state index in [2.05, 4.69) is 5.32 Å². The molecule has 3 atom stereocenters. The van der Waals surface area contributed by atoms with E-state index in [1.54, 1.807) is 0 Å². The molecule has 9 N–H and O–H groups in total. The number of carboxylic acid groups (broad SMARTS) is 3. The Morgan fingerprint density at radius 3 is 1.85 bits per heavy atom. The molecule has 14 heteroatoms. The van der Waals surface area contributed by atoms with Crippen LogP contribution in [0.2, 0.25) is 0 Å². The summed E-state index contributed by atoms with van der Waals surface area (Å²) in [6.45, 7) is 0. The number of aliphatic carboxylic acids is 3. The molecule has 0 spiro atoms. The van der Waals surface area contributed by atoms with Gasteiger partial charge in [-0.25, -0.2) is 4.79 Å². The summed E-state index contributed by atoms with van der Waals surface area (Å²) in [6.07, 6.45) is -1.62. The van der Waals surface area contributed by atoms with E-state index >= 15 is 0 Å². The number of carboxylic acids is 3. The van der Waals surface area contributed by atoms with Crippen molar-refractivity contribution >= 4 is 47.4 Å². The van der Waals surface area contributed by atoms with Gasteiger partial charge in [0, 0.05) is 5.75 Å². The molecule has 0 fully saturated rings. The Labute approximate surface area is 156 Å². The van der Waals surface area contributed by atoms with Gasteiger partial charge in [-0.3, -0.25) is 24.0 Å². The highest BCUT2D eigenvalue weighted by Crippen LogP contribution is 2.03. The first-order chi connectivity index (χ1) is 12.4. The SMILES string of the molecule is NC(=O)C[C@H](NC(=O)[C@@H](N)CSCC(=O)O)C(=O)N[C@@H](CC(=O)O)C(=O)O. The van der Waals surface area contributed by atoms with Crippen molar-refractivity contribution in [1.82, 2.24) is 10.6 Å². The summed E-state index contributed by atoms with van der Waals surface area (Å²) in [4.78, 5) is 67.2. The Kier molecular flexibility index (Phi) is 10.4. The van der Waals surface area contributed by atoms with Gasteiger partial charge < -0.3 is 37.4 Å². The maximum atomic E-state index is 12.1. The van der Waals surface area contributed by atoms with Crippen LogP contribution in [0.4, 0.5) is 0 Å². The predicted molar refractivity (Wildman–Crippen MR) is 90.5 cm³/mol. The lowest BCUT2D eigenvalue weighted by Crippen LogP contribution is -2.56. The van der Waals surface area contributed by atoms with Gasteiger partial charge in [0.1, 0.15) is 12.1 Å². The molecule has 0 aromatic carbocycles. The van der Waals surface area contributed by atoms with Crippen LogP contribution >= 0.6 is 11.8 Å². The van der Waals surface area contributed by atoms with Gasteiger partial charge >= 0.3 is 17.9 Å². The first kappa shape index (κ1) is 24.1. The quantitative estimate of drug-likeness (QED) is 0.158. The number of hydrogen-bond acceptors (Lipinski definition) is 8. The van der Waals surface area contributed by atoms with Gasteiger partial charge in [-0.15, -0.1) is 11.8 Å². The Morgan fingerprint density at radius 1 is 0.852 bits per heavy atom. The number of amides is 3. The molecule has 0 unspecified atom stereocenters. The molecular formula is C13H20N4O9S. The molecule has 0 rings (SSSR count). The van der Waals surface area contributed by atoms with Gasteiger partial charge in [0.15, 0.2) is 0 Å². The molecule has 0 aromatic heterocycles. The van der Waals surface area contributed by atoms with E-state index in [0.29, 0.717) is 0 Å². The van der Waals surface area contributed by atoms with Crippen molar-refractivity contribution in [1.29, 1.82) is 0 Å². The Bertz CT molecular complexity index is 613. The predicted octanol–water partition coefficient (Wildman–Crippen LogP) is -3.46. The van der Waals surface area contributed by atoms with Crippen molar-refractivity contribution in [3.8, 4) is 0 Å². The molecule has 0 saturated carbocycles. The molecule has 0 radical (unpaired) electrons. The van der Waals surface area contributed by atoms with E-state index < -0.39 is 66.6 Å². The van der Waals surface area contributed by atoms with Crippen LogP contribution in [0.3, 0.4) is 0 Å². The monoisotopic (exact) mass is 408 g/mol. The fourth-order valence-corrected chi connectivity index (χ4v) is 2.38. The topological polar surface area (TPSA) is 239 Å². The first-order valence-electron chi connectivity index (χ1n) is 7.32.